The van der Waals surface area contributed by atoms with Crippen LogP contribution in [-0.2, 0) is 12.8 Å². The summed E-state index contributed by atoms with van der Waals surface area (Å²) in [6.45, 7) is 0. The average Bonchev–Trinajstić information content (AvgIpc) is 2.24. The van der Waals surface area contributed by atoms with Gasteiger partial charge in [-0.25, -0.2) is 0 Å². The standard InChI is InChI=1S/C14H18BrN/c15-14-6-1-3-10-7-8-12(9-13(10)14)16-11-4-2-5-11/h1,3,6,11-12,16H,2,4-5,7-9H2. The van der Waals surface area contributed by atoms with Gasteiger partial charge in [-0.05, 0) is 49.3 Å². The summed E-state index contributed by atoms with van der Waals surface area (Å²) in [6, 6.07) is 8.12. The zero-order chi connectivity index (χ0) is 11.0. The predicted molar refractivity (Wildman–Crippen MR) is 70.7 cm³/mol. The molecule has 1 nitrogen and oxygen atoms in total. The van der Waals surface area contributed by atoms with Crippen LogP contribution in [0.5, 0.6) is 0 Å². The van der Waals surface area contributed by atoms with Crippen LogP contribution in [0, 0.1) is 0 Å². The number of rotatable bonds is 2. The zero-order valence-corrected chi connectivity index (χ0v) is 11.1. The van der Waals surface area contributed by atoms with Crippen molar-refractivity contribution in [1.29, 1.82) is 0 Å². The molecule has 1 fully saturated rings. The minimum Gasteiger partial charge on any atom is -0.311 e. The molecule has 0 saturated heterocycles. The lowest BCUT2D eigenvalue weighted by molar-refractivity contribution is 0.290. The van der Waals surface area contributed by atoms with E-state index in [4.69, 9.17) is 0 Å². The highest BCUT2D eigenvalue weighted by atomic mass is 79.9. The van der Waals surface area contributed by atoms with E-state index >= 15 is 0 Å². The van der Waals surface area contributed by atoms with E-state index in [0.29, 0.717) is 6.04 Å². The third kappa shape index (κ3) is 2.05. The second kappa shape index (κ2) is 4.50. The Morgan fingerprint density at radius 2 is 2.00 bits per heavy atom. The van der Waals surface area contributed by atoms with Crippen molar-refractivity contribution in [2.45, 2.75) is 50.6 Å². The molecule has 86 valence electrons. The highest BCUT2D eigenvalue weighted by Crippen LogP contribution is 2.29. The SMILES string of the molecule is Brc1cccc2c1CC(NC1CCC1)CC2. The van der Waals surface area contributed by atoms with Crippen LogP contribution in [0.3, 0.4) is 0 Å². The van der Waals surface area contributed by atoms with E-state index in [0.717, 1.165) is 6.04 Å². The molecule has 1 atom stereocenters. The summed E-state index contributed by atoms with van der Waals surface area (Å²) < 4.78 is 1.30. The lowest BCUT2D eigenvalue weighted by Crippen LogP contribution is -2.44. The maximum atomic E-state index is 3.80. The molecule has 2 heteroatoms. The number of hydrogen-bond acceptors (Lipinski definition) is 1. The number of benzene rings is 1. The Morgan fingerprint density at radius 1 is 1.12 bits per heavy atom. The molecule has 1 aromatic rings. The van der Waals surface area contributed by atoms with Crippen molar-refractivity contribution in [1.82, 2.24) is 5.32 Å². The van der Waals surface area contributed by atoms with E-state index in [9.17, 15) is 0 Å². The Morgan fingerprint density at radius 3 is 2.75 bits per heavy atom. The molecule has 0 aliphatic heterocycles. The molecule has 1 unspecified atom stereocenters. The molecular formula is C14H18BrN. The van der Waals surface area contributed by atoms with Gasteiger partial charge in [0.25, 0.3) is 0 Å². The fourth-order valence-corrected chi connectivity index (χ4v) is 3.36. The maximum absolute atomic E-state index is 3.80. The van der Waals surface area contributed by atoms with E-state index in [1.807, 2.05) is 0 Å². The number of nitrogens with one attached hydrogen (secondary N) is 1. The summed E-state index contributed by atoms with van der Waals surface area (Å²) in [5, 5.41) is 3.80. The van der Waals surface area contributed by atoms with E-state index in [2.05, 4.69) is 39.4 Å². The molecule has 2 aliphatic carbocycles. The normalized spacial score (nSPS) is 24.9. The minimum absolute atomic E-state index is 0.705. The Balaban J connectivity index is 1.72. The van der Waals surface area contributed by atoms with E-state index in [-0.39, 0.29) is 0 Å². The largest absolute Gasteiger partial charge is 0.311 e. The first-order chi connectivity index (χ1) is 7.83. The molecule has 16 heavy (non-hydrogen) atoms. The lowest BCUT2D eigenvalue weighted by Gasteiger charge is -2.34. The third-order valence-electron chi connectivity index (χ3n) is 4.01. The van der Waals surface area contributed by atoms with Gasteiger partial charge in [-0.1, -0.05) is 34.5 Å². The van der Waals surface area contributed by atoms with Crippen molar-refractivity contribution in [2.24, 2.45) is 0 Å². The van der Waals surface area contributed by atoms with Gasteiger partial charge in [-0.15, -0.1) is 0 Å². The quantitative estimate of drug-likeness (QED) is 0.875. The first kappa shape index (κ1) is 10.8. The van der Waals surface area contributed by atoms with Crippen LogP contribution in [-0.4, -0.2) is 12.1 Å². The maximum Gasteiger partial charge on any atom is 0.0210 e. The van der Waals surface area contributed by atoms with Crippen LogP contribution in [0.1, 0.15) is 36.8 Å². The Bertz CT molecular complexity index is 384. The molecule has 1 N–H and O–H groups in total. The second-order valence-corrected chi connectivity index (χ2v) is 5.97. The molecule has 0 spiro atoms. The summed E-state index contributed by atoms with van der Waals surface area (Å²) in [5.41, 5.74) is 3.08. The van der Waals surface area contributed by atoms with E-state index < -0.39 is 0 Å². The van der Waals surface area contributed by atoms with Crippen molar-refractivity contribution >= 4 is 15.9 Å². The fourth-order valence-electron chi connectivity index (χ4n) is 2.79. The Labute approximate surface area is 106 Å². The van der Waals surface area contributed by atoms with Crippen molar-refractivity contribution < 1.29 is 0 Å². The monoisotopic (exact) mass is 279 g/mol. The summed E-state index contributed by atoms with van der Waals surface area (Å²) >= 11 is 3.68. The molecule has 3 rings (SSSR count). The molecule has 1 saturated carbocycles. The molecule has 0 radical (unpaired) electrons. The molecule has 0 bridgehead atoms. The Hall–Kier alpha value is -0.340. The summed E-state index contributed by atoms with van der Waals surface area (Å²) in [4.78, 5) is 0. The predicted octanol–water partition coefficient (Wildman–Crippen LogP) is 3.45. The van der Waals surface area contributed by atoms with Crippen LogP contribution < -0.4 is 5.32 Å². The number of halogens is 1. The van der Waals surface area contributed by atoms with Gasteiger partial charge in [0.1, 0.15) is 0 Å². The van der Waals surface area contributed by atoms with Gasteiger partial charge in [0, 0.05) is 16.6 Å². The minimum atomic E-state index is 0.705. The van der Waals surface area contributed by atoms with Crippen LogP contribution >= 0.6 is 15.9 Å². The number of aryl methyl sites for hydroxylation is 1. The first-order valence-electron chi connectivity index (χ1n) is 6.35. The van der Waals surface area contributed by atoms with Gasteiger partial charge >= 0.3 is 0 Å². The van der Waals surface area contributed by atoms with Crippen molar-refractivity contribution in [3.63, 3.8) is 0 Å². The molecule has 0 heterocycles. The summed E-state index contributed by atoms with van der Waals surface area (Å²) in [6.07, 6.45) is 7.94. The van der Waals surface area contributed by atoms with E-state index in [1.165, 1.54) is 48.6 Å². The van der Waals surface area contributed by atoms with Gasteiger partial charge in [0.2, 0.25) is 0 Å². The van der Waals surface area contributed by atoms with Gasteiger partial charge < -0.3 is 5.32 Å². The highest BCUT2D eigenvalue weighted by molar-refractivity contribution is 9.10. The molecule has 1 aromatic carbocycles. The number of hydrogen-bond donors (Lipinski definition) is 1. The van der Waals surface area contributed by atoms with Crippen molar-refractivity contribution in [3.8, 4) is 0 Å². The van der Waals surface area contributed by atoms with Crippen LogP contribution in [0.25, 0.3) is 0 Å². The van der Waals surface area contributed by atoms with Gasteiger partial charge in [0.05, 0.1) is 0 Å². The van der Waals surface area contributed by atoms with Crippen LogP contribution in [0.15, 0.2) is 22.7 Å². The first-order valence-corrected chi connectivity index (χ1v) is 7.14. The van der Waals surface area contributed by atoms with Gasteiger partial charge in [-0.2, -0.15) is 0 Å². The Kier molecular flexibility index (Phi) is 3.03. The summed E-state index contributed by atoms with van der Waals surface area (Å²) in [5.74, 6) is 0. The third-order valence-corrected chi connectivity index (χ3v) is 4.75. The van der Waals surface area contributed by atoms with Crippen LogP contribution in [0.2, 0.25) is 0 Å². The van der Waals surface area contributed by atoms with Crippen LogP contribution in [0.4, 0.5) is 0 Å². The number of fused-ring (bicyclic) bond motifs is 1. The molecule has 2 aliphatic rings. The van der Waals surface area contributed by atoms with Crippen molar-refractivity contribution in [2.75, 3.05) is 0 Å². The second-order valence-electron chi connectivity index (χ2n) is 5.11. The molecule has 0 aromatic heterocycles. The molecule has 0 amide bonds. The van der Waals surface area contributed by atoms with Crippen molar-refractivity contribution in [3.05, 3.63) is 33.8 Å². The summed E-state index contributed by atoms with van der Waals surface area (Å²) in [7, 11) is 0. The van der Waals surface area contributed by atoms with E-state index in [1.54, 1.807) is 5.56 Å². The highest BCUT2D eigenvalue weighted by Gasteiger charge is 2.25. The fraction of sp³-hybridized carbons (Fsp3) is 0.571. The molecular weight excluding hydrogens is 262 g/mol. The average molecular weight is 280 g/mol. The zero-order valence-electron chi connectivity index (χ0n) is 9.51. The smallest absolute Gasteiger partial charge is 0.0210 e. The topological polar surface area (TPSA) is 12.0 Å². The lowest BCUT2D eigenvalue weighted by atomic mass is 9.85. The van der Waals surface area contributed by atoms with Gasteiger partial charge in [-0.3, -0.25) is 0 Å². The van der Waals surface area contributed by atoms with Gasteiger partial charge in [0.15, 0.2) is 0 Å².